The van der Waals surface area contributed by atoms with E-state index in [0.29, 0.717) is 0 Å². The average molecular weight is 316 g/mol. The molecule has 1 N–H and O–H groups in total. The Labute approximate surface area is 130 Å². The van der Waals surface area contributed by atoms with Gasteiger partial charge in [-0.25, -0.2) is 4.79 Å². The molecule has 0 aromatic heterocycles. The molecule has 2 fully saturated rings. The normalized spacial score (nSPS) is 34.9. The van der Waals surface area contributed by atoms with E-state index in [1.165, 1.54) is 19.3 Å². The second-order valence-electron chi connectivity index (χ2n) is 6.30. The summed E-state index contributed by atoms with van der Waals surface area (Å²) in [7, 11) is 1.29. The molecule has 2 rings (SSSR count). The van der Waals surface area contributed by atoms with Gasteiger partial charge < -0.3 is 28.8 Å². The van der Waals surface area contributed by atoms with Gasteiger partial charge in [-0.05, 0) is 33.8 Å². The minimum absolute atomic E-state index is 0.266. The lowest BCUT2D eigenvalue weighted by Gasteiger charge is -2.26. The zero-order valence-electron chi connectivity index (χ0n) is 13.6. The van der Waals surface area contributed by atoms with Crippen LogP contribution in [0, 0.1) is 0 Å². The van der Waals surface area contributed by atoms with E-state index in [2.05, 4.69) is 4.74 Å². The van der Waals surface area contributed by atoms with E-state index < -0.39 is 42.0 Å². The summed E-state index contributed by atoms with van der Waals surface area (Å²) in [6, 6.07) is 0. The summed E-state index contributed by atoms with van der Waals surface area (Å²) in [5, 5.41) is 10.5. The van der Waals surface area contributed by atoms with Gasteiger partial charge in [0.1, 0.15) is 24.4 Å². The summed E-state index contributed by atoms with van der Waals surface area (Å²) in [4.78, 5) is 11.2. The number of aliphatic hydroxyl groups excluding tert-OH is 1. The van der Waals surface area contributed by atoms with Gasteiger partial charge in [0, 0.05) is 6.08 Å². The number of carbonyl (C=O) groups excluding carboxylic acids is 1. The lowest BCUT2D eigenvalue weighted by atomic mass is 10.0. The molecule has 0 radical (unpaired) electrons. The van der Waals surface area contributed by atoms with E-state index in [9.17, 15) is 9.90 Å². The van der Waals surface area contributed by atoms with Crippen molar-refractivity contribution in [2.24, 2.45) is 0 Å². The molecule has 2 aliphatic rings. The molecule has 2 saturated heterocycles. The predicted molar refractivity (Wildman–Crippen MR) is 75.9 cm³/mol. The molecule has 0 saturated carbocycles. The van der Waals surface area contributed by atoms with Crippen LogP contribution in [0.1, 0.15) is 27.7 Å². The van der Waals surface area contributed by atoms with E-state index in [4.69, 9.17) is 18.9 Å². The molecule has 0 amide bonds. The Morgan fingerprint density at radius 2 is 1.91 bits per heavy atom. The zero-order valence-corrected chi connectivity index (χ0v) is 13.6. The van der Waals surface area contributed by atoms with Gasteiger partial charge in [-0.15, -0.1) is 0 Å². The van der Waals surface area contributed by atoms with Crippen molar-refractivity contribution in [1.29, 1.82) is 0 Å². The van der Waals surface area contributed by atoms with Gasteiger partial charge in [0.25, 0.3) is 0 Å². The number of ether oxygens (including phenoxy) is 5. The summed E-state index contributed by atoms with van der Waals surface area (Å²) >= 11 is 0. The van der Waals surface area contributed by atoms with Crippen molar-refractivity contribution in [1.82, 2.24) is 0 Å². The highest BCUT2D eigenvalue weighted by Gasteiger charge is 2.49. The van der Waals surface area contributed by atoms with Crippen LogP contribution in [0.3, 0.4) is 0 Å². The van der Waals surface area contributed by atoms with Gasteiger partial charge >= 0.3 is 5.97 Å². The zero-order chi connectivity index (χ0) is 16.5. The van der Waals surface area contributed by atoms with Gasteiger partial charge in [0.2, 0.25) is 0 Å². The van der Waals surface area contributed by atoms with Gasteiger partial charge in [-0.2, -0.15) is 0 Å². The molecule has 0 spiro atoms. The number of rotatable bonds is 4. The second kappa shape index (κ2) is 6.25. The average Bonchev–Trinajstić information content (AvgIpc) is 2.94. The highest BCUT2D eigenvalue weighted by molar-refractivity contribution is 5.81. The Bertz CT molecular complexity index is 443. The van der Waals surface area contributed by atoms with Crippen LogP contribution in [-0.4, -0.2) is 60.8 Å². The first-order valence-electron chi connectivity index (χ1n) is 7.25. The summed E-state index contributed by atoms with van der Waals surface area (Å²) in [6.45, 7) is 7.32. The second-order valence-corrected chi connectivity index (χ2v) is 6.30. The van der Waals surface area contributed by atoms with E-state index in [0.717, 1.165) is 0 Å². The molecular weight excluding hydrogens is 292 g/mol. The molecule has 0 unspecified atom stereocenters. The van der Waals surface area contributed by atoms with Crippen LogP contribution in [0.25, 0.3) is 0 Å². The molecule has 0 aromatic carbocycles. The van der Waals surface area contributed by atoms with Crippen LogP contribution in [0.15, 0.2) is 12.2 Å². The summed E-state index contributed by atoms with van der Waals surface area (Å²) in [5.41, 5.74) is 0. The summed E-state index contributed by atoms with van der Waals surface area (Å²) in [5.74, 6) is -2.10. The molecule has 0 aromatic rings. The molecule has 2 heterocycles. The van der Waals surface area contributed by atoms with Gasteiger partial charge in [0.05, 0.1) is 13.7 Å². The molecule has 22 heavy (non-hydrogen) atoms. The number of hydrogen-bond acceptors (Lipinski definition) is 7. The van der Waals surface area contributed by atoms with Crippen LogP contribution in [0.4, 0.5) is 0 Å². The Hall–Kier alpha value is -0.990. The van der Waals surface area contributed by atoms with Gasteiger partial charge in [-0.3, -0.25) is 0 Å². The Balaban J connectivity index is 2.09. The Morgan fingerprint density at radius 1 is 1.23 bits per heavy atom. The van der Waals surface area contributed by atoms with Crippen LogP contribution < -0.4 is 0 Å². The number of carbonyl (C=O) groups is 1. The maximum atomic E-state index is 11.2. The fourth-order valence-electron chi connectivity index (χ4n) is 2.57. The number of hydrogen-bond donors (Lipinski definition) is 1. The topological polar surface area (TPSA) is 83.5 Å². The van der Waals surface area contributed by atoms with E-state index in [1.54, 1.807) is 27.7 Å². The fourth-order valence-corrected chi connectivity index (χ4v) is 2.57. The molecule has 126 valence electrons. The first kappa shape index (κ1) is 17.4. The largest absolute Gasteiger partial charge is 0.466 e. The van der Waals surface area contributed by atoms with Crippen molar-refractivity contribution in [3.05, 3.63) is 12.2 Å². The van der Waals surface area contributed by atoms with Gasteiger partial charge in [0.15, 0.2) is 11.6 Å². The molecule has 0 bridgehead atoms. The van der Waals surface area contributed by atoms with Crippen molar-refractivity contribution in [3.63, 3.8) is 0 Å². The standard InChI is InChI=1S/C15H24O7/c1-14(2)19-8-10(21-14)12(17)13-9(6-7-11(16)18-5)20-15(3,4)22-13/h6-7,9-10,12-13,17H,8H2,1-5H3/b7-6+/t9-,10-,12-,13-/m1/s1. The highest BCUT2D eigenvalue weighted by atomic mass is 16.8. The smallest absolute Gasteiger partial charge is 0.330 e. The van der Waals surface area contributed by atoms with Crippen LogP contribution in [-0.2, 0) is 28.5 Å². The first-order valence-corrected chi connectivity index (χ1v) is 7.25. The molecule has 0 aliphatic carbocycles. The minimum Gasteiger partial charge on any atom is -0.466 e. The third-order valence-electron chi connectivity index (χ3n) is 3.53. The molecular formula is C15H24O7. The number of methoxy groups -OCH3 is 1. The first-order chi connectivity index (χ1) is 10.1. The van der Waals surface area contributed by atoms with E-state index in [1.807, 2.05) is 0 Å². The van der Waals surface area contributed by atoms with Crippen molar-refractivity contribution < 1.29 is 33.6 Å². The van der Waals surface area contributed by atoms with Crippen molar-refractivity contribution >= 4 is 5.97 Å². The lowest BCUT2D eigenvalue weighted by molar-refractivity contribution is -0.178. The Kier molecular flexibility index (Phi) is 4.93. The van der Waals surface area contributed by atoms with Gasteiger partial charge in [-0.1, -0.05) is 0 Å². The molecule has 4 atom stereocenters. The quantitative estimate of drug-likeness (QED) is 0.605. The lowest BCUT2D eigenvalue weighted by Crippen LogP contribution is -2.44. The number of esters is 1. The number of aliphatic hydroxyl groups is 1. The van der Waals surface area contributed by atoms with Crippen LogP contribution >= 0.6 is 0 Å². The SMILES string of the molecule is COC(=O)/C=C/[C@H]1OC(C)(C)O[C@H]1[C@H](O)[C@H]1COC(C)(C)O1. The molecule has 7 nitrogen and oxygen atoms in total. The third kappa shape index (κ3) is 4.05. The van der Waals surface area contributed by atoms with E-state index >= 15 is 0 Å². The molecule has 2 aliphatic heterocycles. The Morgan fingerprint density at radius 3 is 2.45 bits per heavy atom. The highest BCUT2D eigenvalue weighted by Crippen LogP contribution is 2.34. The minimum atomic E-state index is -0.948. The summed E-state index contributed by atoms with van der Waals surface area (Å²) in [6.07, 6.45) is 0.0535. The van der Waals surface area contributed by atoms with Crippen molar-refractivity contribution in [3.8, 4) is 0 Å². The van der Waals surface area contributed by atoms with Crippen molar-refractivity contribution in [2.75, 3.05) is 13.7 Å². The fraction of sp³-hybridized carbons (Fsp3) is 0.800. The summed E-state index contributed by atoms with van der Waals surface area (Å²) < 4.78 is 27.2. The third-order valence-corrected chi connectivity index (χ3v) is 3.53. The maximum Gasteiger partial charge on any atom is 0.330 e. The predicted octanol–water partition coefficient (Wildman–Crippen LogP) is 0.748. The van der Waals surface area contributed by atoms with Crippen molar-refractivity contribution in [2.45, 2.75) is 63.7 Å². The monoisotopic (exact) mass is 316 g/mol. The van der Waals surface area contributed by atoms with Crippen LogP contribution in [0.2, 0.25) is 0 Å². The van der Waals surface area contributed by atoms with E-state index in [-0.39, 0.29) is 6.61 Å². The van der Waals surface area contributed by atoms with Crippen LogP contribution in [0.5, 0.6) is 0 Å². The maximum absolute atomic E-state index is 11.2. The molecule has 7 heteroatoms.